The average molecular weight is 514 g/mol. The molecule has 1 saturated heterocycles. The molecule has 33 heavy (non-hydrogen) atoms. The highest BCUT2D eigenvalue weighted by molar-refractivity contribution is 8.27. The number of halogens is 1. The zero-order valence-corrected chi connectivity index (χ0v) is 21.1. The maximum absolute atomic E-state index is 13.1. The van der Waals surface area contributed by atoms with Crippen molar-refractivity contribution in [3.63, 3.8) is 0 Å². The third-order valence-corrected chi connectivity index (χ3v) is 7.19. The molecule has 168 valence electrons. The Hall–Kier alpha value is -2.45. The molecule has 1 amide bonds. The fourth-order valence-corrected chi connectivity index (χ4v) is 5.31. The molecule has 1 heterocycles. The van der Waals surface area contributed by atoms with Gasteiger partial charge in [-0.05, 0) is 53.8 Å². The highest BCUT2D eigenvalue weighted by atomic mass is 35.5. The smallest absolute Gasteiger partial charge is 0.270 e. The molecular weight excluding hydrogens is 494 g/mol. The molecule has 0 N–H and O–H groups in total. The maximum atomic E-state index is 13.1. The molecular formula is C25H20ClNO3S3. The number of carbonyl (C=O) groups is 1. The van der Waals surface area contributed by atoms with Crippen LogP contribution in [0.3, 0.4) is 0 Å². The van der Waals surface area contributed by atoms with Gasteiger partial charge in [-0.15, -0.1) is 11.8 Å². The Bertz CT molecular complexity index is 1230. The van der Waals surface area contributed by atoms with Gasteiger partial charge in [0.1, 0.15) is 6.61 Å². The number of amides is 1. The summed E-state index contributed by atoms with van der Waals surface area (Å²) in [6.07, 6.45) is 3.76. The first-order valence-electron chi connectivity index (χ1n) is 9.96. The molecule has 0 unspecified atom stereocenters. The molecule has 1 fully saturated rings. The average Bonchev–Trinajstić information content (AvgIpc) is 3.11. The van der Waals surface area contributed by atoms with Crippen molar-refractivity contribution in [2.24, 2.45) is 0 Å². The van der Waals surface area contributed by atoms with Crippen LogP contribution in [-0.2, 0) is 11.4 Å². The molecule has 0 saturated carbocycles. The van der Waals surface area contributed by atoms with Crippen molar-refractivity contribution < 1.29 is 14.3 Å². The summed E-state index contributed by atoms with van der Waals surface area (Å²) in [5, 5.41) is 0.402. The summed E-state index contributed by atoms with van der Waals surface area (Å²) in [6, 6.07) is 21.1. The lowest BCUT2D eigenvalue weighted by Gasteiger charge is -2.15. The number of hydrogen-bond acceptors (Lipinski definition) is 6. The van der Waals surface area contributed by atoms with Crippen molar-refractivity contribution in [1.82, 2.24) is 0 Å². The second kappa shape index (κ2) is 10.7. The van der Waals surface area contributed by atoms with Crippen molar-refractivity contribution >= 4 is 69.3 Å². The number of hydrogen-bond donors (Lipinski definition) is 0. The second-order valence-corrected chi connectivity index (χ2v) is 9.99. The second-order valence-electron chi connectivity index (χ2n) is 7.03. The first-order valence-corrected chi connectivity index (χ1v) is 12.8. The van der Waals surface area contributed by atoms with Crippen LogP contribution < -0.4 is 14.4 Å². The van der Waals surface area contributed by atoms with Crippen LogP contribution in [0.4, 0.5) is 5.69 Å². The third kappa shape index (κ3) is 5.38. The van der Waals surface area contributed by atoms with Gasteiger partial charge in [-0.3, -0.25) is 9.69 Å². The zero-order chi connectivity index (χ0) is 23.4. The largest absolute Gasteiger partial charge is 0.493 e. The monoisotopic (exact) mass is 513 g/mol. The number of ether oxygens (including phenoxy) is 2. The van der Waals surface area contributed by atoms with Crippen molar-refractivity contribution in [1.29, 1.82) is 0 Å². The number of methoxy groups -OCH3 is 1. The van der Waals surface area contributed by atoms with Crippen LogP contribution in [0.15, 0.2) is 76.5 Å². The van der Waals surface area contributed by atoms with E-state index in [4.69, 9.17) is 33.3 Å². The maximum Gasteiger partial charge on any atom is 0.270 e. The van der Waals surface area contributed by atoms with Crippen LogP contribution in [0, 0.1) is 0 Å². The third-order valence-electron chi connectivity index (χ3n) is 4.88. The Labute approximate surface area is 211 Å². The topological polar surface area (TPSA) is 38.8 Å². The predicted molar refractivity (Wildman–Crippen MR) is 143 cm³/mol. The molecule has 4 rings (SSSR count). The Morgan fingerprint density at radius 2 is 1.91 bits per heavy atom. The summed E-state index contributed by atoms with van der Waals surface area (Å²) in [6.45, 7) is 0.365. The molecule has 0 radical (unpaired) electrons. The minimum atomic E-state index is -0.164. The summed E-state index contributed by atoms with van der Waals surface area (Å²) in [5.41, 5.74) is 2.50. The molecule has 1 aliphatic heterocycles. The molecule has 0 atom stereocenters. The fraction of sp³-hybridized carbons (Fsp3) is 0.120. The molecule has 0 spiro atoms. The summed E-state index contributed by atoms with van der Waals surface area (Å²) in [7, 11) is 1.56. The minimum absolute atomic E-state index is 0.164. The van der Waals surface area contributed by atoms with Gasteiger partial charge in [-0.1, -0.05) is 72.0 Å². The summed E-state index contributed by atoms with van der Waals surface area (Å²) < 4.78 is 11.9. The van der Waals surface area contributed by atoms with E-state index in [9.17, 15) is 4.79 Å². The van der Waals surface area contributed by atoms with E-state index in [1.165, 1.54) is 11.8 Å². The van der Waals surface area contributed by atoms with Gasteiger partial charge in [0.25, 0.3) is 5.91 Å². The predicted octanol–water partition coefficient (Wildman–Crippen LogP) is 7.06. The summed E-state index contributed by atoms with van der Waals surface area (Å²) >= 11 is 14.9. The first-order chi connectivity index (χ1) is 16.0. The van der Waals surface area contributed by atoms with Gasteiger partial charge < -0.3 is 9.47 Å². The van der Waals surface area contributed by atoms with Gasteiger partial charge in [-0.2, -0.15) is 0 Å². The van der Waals surface area contributed by atoms with E-state index in [1.54, 1.807) is 42.0 Å². The van der Waals surface area contributed by atoms with Gasteiger partial charge >= 0.3 is 0 Å². The van der Waals surface area contributed by atoms with Crippen LogP contribution in [0.2, 0.25) is 5.02 Å². The van der Waals surface area contributed by atoms with E-state index in [2.05, 4.69) is 0 Å². The Morgan fingerprint density at radius 1 is 1.12 bits per heavy atom. The number of rotatable bonds is 7. The van der Waals surface area contributed by atoms with Crippen LogP contribution in [0.25, 0.3) is 6.08 Å². The Morgan fingerprint density at radius 3 is 2.64 bits per heavy atom. The first kappa shape index (κ1) is 23.7. The normalized spacial score (nSPS) is 14.8. The number of thiocarbonyl (C=S) groups is 1. The molecule has 3 aromatic carbocycles. The quantitative estimate of drug-likeness (QED) is 0.191. The Kier molecular flexibility index (Phi) is 7.65. The molecule has 1 aliphatic rings. The van der Waals surface area contributed by atoms with Crippen molar-refractivity contribution in [2.75, 3.05) is 18.3 Å². The molecule has 8 heteroatoms. The standard InChI is InChI=1S/C25H20ClNO3S3/c1-29-21-12-17(11-20(26)23(21)30-15-16-7-4-3-5-8-16)13-22-24(28)27(25(31)33-22)18-9-6-10-19(14-18)32-2/h3-14H,15H2,1-2H3/b22-13-. The van der Waals surface area contributed by atoms with Crippen LogP contribution >= 0.6 is 47.3 Å². The number of thioether (sulfide) groups is 2. The van der Waals surface area contributed by atoms with Crippen molar-refractivity contribution in [3.05, 3.63) is 87.8 Å². The number of anilines is 1. The lowest BCUT2D eigenvalue weighted by atomic mass is 10.1. The van der Waals surface area contributed by atoms with Crippen molar-refractivity contribution in [3.8, 4) is 11.5 Å². The SMILES string of the molecule is COc1cc(/C=C2\SC(=S)N(c3cccc(SC)c3)C2=O)cc(Cl)c1OCc1ccccc1. The van der Waals surface area contributed by atoms with Gasteiger partial charge in [0.05, 0.1) is 22.7 Å². The van der Waals surface area contributed by atoms with E-state index in [-0.39, 0.29) is 5.91 Å². The number of benzene rings is 3. The lowest BCUT2D eigenvalue weighted by Crippen LogP contribution is -2.27. The van der Waals surface area contributed by atoms with E-state index >= 15 is 0 Å². The molecule has 4 nitrogen and oxygen atoms in total. The molecule has 0 bridgehead atoms. The zero-order valence-electron chi connectivity index (χ0n) is 17.9. The highest BCUT2D eigenvalue weighted by Crippen LogP contribution is 2.40. The van der Waals surface area contributed by atoms with Gasteiger partial charge in [-0.25, -0.2) is 0 Å². The van der Waals surface area contributed by atoms with E-state index in [0.29, 0.717) is 32.4 Å². The van der Waals surface area contributed by atoms with E-state index < -0.39 is 0 Å². The molecule has 3 aromatic rings. The minimum Gasteiger partial charge on any atom is -0.493 e. The molecule has 0 aromatic heterocycles. The number of nitrogens with zero attached hydrogens (tertiary/aromatic N) is 1. The van der Waals surface area contributed by atoms with Crippen LogP contribution in [0.1, 0.15) is 11.1 Å². The Balaban J connectivity index is 1.59. The summed E-state index contributed by atoms with van der Waals surface area (Å²) in [5.74, 6) is 0.789. The van der Waals surface area contributed by atoms with Gasteiger partial charge in [0.15, 0.2) is 15.8 Å². The highest BCUT2D eigenvalue weighted by Gasteiger charge is 2.33. The van der Waals surface area contributed by atoms with Crippen molar-refractivity contribution in [2.45, 2.75) is 11.5 Å². The van der Waals surface area contributed by atoms with Gasteiger partial charge in [0, 0.05) is 4.90 Å². The summed E-state index contributed by atoms with van der Waals surface area (Å²) in [4.78, 5) is 16.3. The van der Waals surface area contributed by atoms with E-state index in [0.717, 1.165) is 21.7 Å². The van der Waals surface area contributed by atoms with Crippen LogP contribution in [-0.4, -0.2) is 23.6 Å². The molecule has 0 aliphatic carbocycles. The van der Waals surface area contributed by atoms with E-state index in [1.807, 2.05) is 60.9 Å². The lowest BCUT2D eigenvalue weighted by molar-refractivity contribution is -0.113. The fourth-order valence-electron chi connectivity index (χ4n) is 3.28. The van der Waals surface area contributed by atoms with Crippen LogP contribution in [0.5, 0.6) is 11.5 Å². The number of carbonyl (C=O) groups excluding carboxylic acids is 1. The van der Waals surface area contributed by atoms with Gasteiger partial charge in [0.2, 0.25) is 0 Å².